The molecular weight excluding hydrogens is 434 g/mol. The average Bonchev–Trinajstić information content (AvgIpc) is 2.86. The van der Waals surface area contributed by atoms with E-state index in [9.17, 15) is 9.59 Å². The van der Waals surface area contributed by atoms with Crippen molar-refractivity contribution in [3.05, 3.63) is 124 Å². The number of hydrogen-bond acceptors (Lipinski definition) is 3. The molecule has 35 heavy (non-hydrogen) atoms. The van der Waals surface area contributed by atoms with Gasteiger partial charge < -0.3 is 15.6 Å². The van der Waals surface area contributed by atoms with Gasteiger partial charge in [0.1, 0.15) is 0 Å². The summed E-state index contributed by atoms with van der Waals surface area (Å²) in [5.41, 5.74) is 12.2. The quantitative estimate of drug-likeness (QED) is 0.378. The highest BCUT2D eigenvalue weighted by atomic mass is 16.2. The summed E-state index contributed by atoms with van der Waals surface area (Å²) in [6, 6.07) is 28.2. The van der Waals surface area contributed by atoms with Crippen molar-refractivity contribution in [3.8, 4) is 11.1 Å². The Balaban J connectivity index is 1.71. The number of hydrogen-bond donors (Lipinski definition) is 2. The fourth-order valence-electron chi connectivity index (χ4n) is 4.27. The van der Waals surface area contributed by atoms with E-state index in [1.807, 2.05) is 106 Å². The van der Waals surface area contributed by atoms with Gasteiger partial charge in [0.05, 0.1) is 6.04 Å². The van der Waals surface area contributed by atoms with Gasteiger partial charge in [-0.3, -0.25) is 9.59 Å². The van der Waals surface area contributed by atoms with Gasteiger partial charge in [-0.25, -0.2) is 0 Å². The van der Waals surface area contributed by atoms with Crippen molar-refractivity contribution in [2.45, 2.75) is 38.8 Å². The number of nitrogens with one attached hydrogen (secondary N) is 1. The minimum atomic E-state index is -0.807. The molecule has 0 aliphatic carbocycles. The monoisotopic (exact) mass is 465 g/mol. The SMILES string of the molecule is Cc1ccc(NC(=O)C(N)C(c2ccccc2)c2cccc(-c3ccc(=O)n(C(C)C)c3)c2)cc1. The van der Waals surface area contributed by atoms with Gasteiger partial charge in [0, 0.05) is 29.9 Å². The Labute approximate surface area is 206 Å². The van der Waals surface area contributed by atoms with Crippen molar-refractivity contribution >= 4 is 11.6 Å². The van der Waals surface area contributed by atoms with Crippen molar-refractivity contribution in [2.75, 3.05) is 5.32 Å². The average molecular weight is 466 g/mol. The third-order valence-electron chi connectivity index (χ3n) is 6.21. The zero-order valence-corrected chi connectivity index (χ0v) is 20.3. The van der Waals surface area contributed by atoms with Gasteiger partial charge in [-0.15, -0.1) is 0 Å². The van der Waals surface area contributed by atoms with E-state index in [1.54, 1.807) is 10.6 Å². The molecule has 0 aliphatic heterocycles. The van der Waals surface area contributed by atoms with Crippen LogP contribution in [0.25, 0.3) is 11.1 Å². The molecule has 0 fully saturated rings. The predicted octanol–water partition coefficient (Wildman–Crippen LogP) is 5.50. The summed E-state index contributed by atoms with van der Waals surface area (Å²) in [6.07, 6.45) is 1.88. The summed E-state index contributed by atoms with van der Waals surface area (Å²) in [5, 5.41) is 2.96. The number of carbonyl (C=O) groups excluding carboxylic acids is 1. The number of carbonyl (C=O) groups is 1. The summed E-state index contributed by atoms with van der Waals surface area (Å²) < 4.78 is 1.72. The van der Waals surface area contributed by atoms with Crippen LogP contribution in [0.3, 0.4) is 0 Å². The van der Waals surface area contributed by atoms with Gasteiger partial charge in [-0.2, -0.15) is 0 Å². The molecule has 2 atom stereocenters. The molecule has 2 unspecified atom stereocenters. The first kappa shape index (κ1) is 24.2. The Kier molecular flexibility index (Phi) is 7.28. The molecule has 5 heteroatoms. The summed E-state index contributed by atoms with van der Waals surface area (Å²) in [5.74, 6) is -0.598. The van der Waals surface area contributed by atoms with Crippen LogP contribution in [0, 0.1) is 6.92 Å². The summed E-state index contributed by atoms with van der Waals surface area (Å²) in [6.45, 7) is 5.97. The standard InChI is InChI=1S/C30H31N3O2/c1-20(2)33-19-25(14-17-27(33)34)23-10-7-11-24(18-23)28(22-8-5-4-6-9-22)29(31)30(35)32-26-15-12-21(3)13-16-26/h4-20,28-29H,31H2,1-3H3,(H,32,35). The maximum atomic E-state index is 13.2. The molecule has 1 heterocycles. The number of rotatable bonds is 7. The second kappa shape index (κ2) is 10.5. The fraction of sp³-hybridized carbons (Fsp3) is 0.200. The maximum absolute atomic E-state index is 13.2. The molecule has 0 spiro atoms. The van der Waals surface area contributed by atoms with Crippen molar-refractivity contribution in [1.82, 2.24) is 4.57 Å². The van der Waals surface area contributed by atoms with E-state index in [0.29, 0.717) is 5.69 Å². The fourth-order valence-corrected chi connectivity index (χ4v) is 4.27. The first-order valence-electron chi connectivity index (χ1n) is 11.8. The van der Waals surface area contributed by atoms with Crippen molar-refractivity contribution in [3.63, 3.8) is 0 Å². The summed E-state index contributed by atoms with van der Waals surface area (Å²) in [4.78, 5) is 25.5. The first-order chi connectivity index (χ1) is 16.8. The van der Waals surface area contributed by atoms with Crippen LogP contribution in [0.4, 0.5) is 5.69 Å². The first-order valence-corrected chi connectivity index (χ1v) is 11.8. The number of pyridine rings is 1. The molecule has 3 aromatic carbocycles. The number of nitrogens with two attached hydrogens (primary N) is 1. The van der Waals surface area contributed by atoms with Crippen LogP contribution in [0.15, 0.2) is 102 Å². The van der Waals surface area contributed by atoms with Gasteiger partial charge in [0.2, 0.25) is 5.91 Å². The zero-order valence-electron chi connectivity index (χ0n) is 20.3. The van der Waals surface area contributed by atoms with E-state index in [0.717, 1.165) is 27.8 Å². The van der Waals surface area contributed by atoms with E-state index in [2.05, 4.69) is 11.4 Å². The van der Waals surface area contributed by atoms with Crippen LogP contribution >= 0.6 is 0 Å². The molecule has 1 amide bonds. The number of aromatic nitrogens is 1. The molecule has 178 valence electrons. The summed E-state index contributed by atoms with van der Waals surface area (Å²) >= 11 is 0. The van der Waals surface area contributed by atoms with Crippen LogP contribution in [-0.4, -0.2) is 16.5 Å². The number of nitrogens with zero attached hydrogens (tertiary/aromatic N) is 1. The smallest absolute Gasteiger partial charge is 0.250 e. The lowest BCUT2D eigenvalue weighted by atomic mass is 9.84. The second-order valence-corrected chi connectivity index (χ2v) is 9.15. The van der Waals surface area contributed by atoms with E-state index >= 15 is 0 Å². The molecule has 0 aliphatic rings. The highest BCUT2D eigenvalue weighted by Crippen LogP contribution is 2.31. The molecule has 0 saturated heterocycles. The van der Waals surface area contributed by atoms with E-state index in [-0.39, 0.29) is 23.4 Å². The van der Waals surface area contributed by atoms with Crippen LogP contribution in [0.5, 0.6) is 0 Å². The number of anilines is 1. The second-order valence-electron chi connectivity index (χ2n) is 9.15. The summed E-state index contributed by atoms with van der Waals surface area (Å²) in [7, 11) is 0. The molecule has 5 nitrogen and oxygen atoms in total. The predicted molar refractivity (Wildman–Crippen MR) is 143 cm³/mol. The Bertz CT molecular complexity index is 1360. The van der Waals surface area contributed by atoms with Gasteiger partial charge in [0.15, 0.2) is 0 Å². The lowest BCUT2D eigenvalue weighted by Crippen LogP contribution is -2.41. The minimum absolute atomic E-state index is 0.0307. The van der Waals surface area contributed by atoms with Crippen LogP contribution < -0.4 is 16.6 Å². The Morgan fingerprint density at radius 2 is 1.51 bits per heavy atom. The highest BCUT2D eigenvalue weighted by Gasteiger charge is 2.28. The van der Waals surface area contributed by atoms with Crippen molar-refractivity contribution in [1.29, 1.82) is 0 Å². The van der Waals surface area contributed by atoms with Crippen LogP contribution in [0.2, 0.25) is 0 Å². The molecule has 0 bridgehead atoms. The molecule has 4 rings (SSSR count). The van der Waals surface area contributed by atoms with E-state index in [1.165, 1.54) is 0 Å². The molecule has 3 N–H and O–H groups in total. The molecule has 0 radical (unpaired) electrons. The van der Waals surface area contributed by atoms with Crippen molar-refractivity contribution < 1.29 is 4.79 Å². The van der Waals surface area contributed by atoms with Gasteiger partial charge in [-0.05, 0) is 61.2 Å². The Hall–Kier alpha value is -3.96. The zero-order chi connectivity index (χ0) is 24.9. The third kappa shape index (κ3) is 5.58. The number of amides is 1. The molecule has 0 saturated carbocycles. The van der Waals surface area contributed by atoms with Gasteiger partial charge in [0.25, 0.3) is 5.56 Å². The van der Waals surface area contributed by atoms with Gasteiger partial charge >= 0.3 is 0 Å². The van der Waals surface area contributed by atoms with Crippen LogP contribution in [0.1, 0.15) is 42.5 Å². The number of aryl methyl sites for hydroxylation is 1. The normalized spacial score (nSPS) is 12.8. The Morgan fingerprint density at radius 1 is 0.829 bits per heavy atom. The molecular formula is C30H31N3O2. The number of benzene rings is 3. The van der Waals surface area contributed by atoms with Gasteiger partial charge in [-0.1, -0.05) is 72.3 Å². The molecule has 1 aromatic heterocycles. The topological polar surface area (TPSA) is 77.1 Å². The lowest BCUT2D eigenvalue weighted by Gasteiger charge is -2.25. The maximum Gasteiger partial charge on any atom is 0.250 e. The molecule has 4 aromatic rings. The van der Waals surface area contributed by atoms with E-state index < -0.39 is 6.04 Å². The van der Waals surface area contributed by atoms with Crippen molar-refractivity contribution in [2.24, 2.45) is 5.73 Å². The largest absolute Gasteiger partial charge is 0.325 e. The van der Waals surface area contributed by atoms with Crippen LogP contribution in [-0.2, 0) is 4.79 Å². The highest BCUT2D eigenvalue weighted by molar-refractivity contribution is 5.95. The Morgan fingerprint density at radius 3 is 2.20 bits per heavy atom. The minimum Gasteiger partial charge on any atom is -0.325 e. The lowest BCUT2D eigenvalue weighted by molar-refractivity contribution is -0.117. The third-order valence-corrected chi connectivity index (χ3v) is 6.21. The van der Waals surface area contributed by atoms with E-state index in [4.69, 9.17) is 5.73 Å².